The molecule has 0 radical (unpaired) electrons. The number of rotatable bonds is 7. The highest BCUT2D eigenvalue weighted by molar-refractivity contribution is 7.97. The van der Waals surface area contributed by atoms with E-state index in [1.54, 1.807) is 7.05 Å². The van der Waals surface area contributed by atoms with Gasteiger partial charge in [-0.2, -0.15) is 0 Å². The van der Waals surface area contributed by atoms with Gasteiger partial charge < -0.3 is 0 Å². The van der Waals surface area contributed by atoms with Crippen molar-refractivity contribution in [2.75, 3.05) is 14.2 Å². The average Bonchev–Trinajstić information content (AvgIpc) is 2.59. The zero-order chi connectivity index (χ0) is 16.7. The highest BCUT2D eigenvalue weighted by atomic mass is 35.5. The summed E-state index contributed by atoms with van der Waals surface area (Å²) >= 11 is 7.29. The summed E-state index contributed by atoms with van der Waals surface area (Å²) in [4.78, 5) is 18.5. The van der Waals surface area contributed by atoms with Crippen LogP contribution in [0.1, 0.15) is 5.56 Å². The van der Waals surface area contributed by atoms with Gasteiger partial charge >= 0.3 is 0 Å². The normalized spacial score (nSPS) is 12.0. The number of carbonyl (C=O) groups excluding carboxylic acids is 1. The molecule has 1 N–H and O–H groups in total. The van der Waals surface area contributed by atoms with Crippen LogP contribution in [0.3, 0.4) is 0 Å². The third kappa shape index (κ3) is 5.55. The highest BCUT2D eigenvalue weighted by Gasteiger charge is 2.22. The van der Waals surface area contributed by atoms with Gasteiger partial charge in [0, 0.05) is 17.0 Å². The molecular weight excluding hydrogens is 332 g/mol. The van der Waals surface area contributed by atoms with Crippen molar-refractivity contribution in [2.24, 2.45) is 0 Å². The summed E-state index contributed by atoms with van der Waals surface area (Å²) in [6, 6.07) is 16.9. The Hall–Kier alpha value is -1.53. The fourth-order valence-electron chi connectivity index (χ4n) is 1.98. The van der Waals surface area contributed by atoms with E-state index in [1.165, 1.54) is 24.1 Å². The number of hydrogen-bond acceptors (Lipinski definition) is 4. The fraction of sp³-hybridized carbons (Fsp3) is 0.235. The summed E-state index contributed by atoms with van der Waals surface area (Å²) in [7, 11) is 3.08. The van der Waals surface area contributed by atoms with Crippen molar-refractivity contribution in [3.63, 3.8) is 0 Å². The van der Waals surface area contributed by atoms with Crippen LogP contribution in [0.25, 0.3) is 0 Å². The molecule has 0 fully saturated rings. The molecule has 1 amide bonds. The molecule has 2 aromatic rings. The van der Waals surface area contributed by atoms with Gasteiger partial charge in [0.1, 0.15) is 6.04 Å². The van der Waals surface area contributed by atoms with E-state index in [1.807, 2.05) is 54.6 Å². The number of amides is 1. The van der Waals surface area contributed by atoms with E-state index in [-0.39, 0.29) is 5.91 Å². The van der Waals surface area contributed by atoms with Crippen LogP contribution < -0.4 is 4.72 Å². The van der Waals surface area contributed by atoms with Crippen molar-refractivity contribution >= 4 is 29.5 Å². The van der Waals surface area contributed by atoms with Crippen molar-refractivity contribution in [2.45, 2.75) is 17.4 Å². The van der Waals surface area contributed by atoms with Crippen molar-refractivity contribution in [3.8, 4) is 0 Å². The van der Waals surface area contributed by atoms with Crippen molar-refractivity contribution in [1.82, 2.24) is 9.79 Å². The maximum Gasteiger partial charge on any atom is 0.264 e. The van der Waals surface area contributed by atoms with Crippen LogP contribution in [0.2, 0.25) is 5.02 Å². The maximum atomic E-state index is 12.5. The predicted octanol–water partition coefficient (Wildman–Crippen LogP) is 3.57. The lowest BCUT2D eigenvalue weighted by Crippen LogP contribution is -2.43. The molecule has 0 aliphatic carbocycles. The summed E-state index contributed by atoms with van der Waals surface area (Å²) in [5, 5.41) is 1.92. The van der Waals surface area contributed by atoms with Gasteiger partial charge in [-0.25, -0.2) is 9.79 Å². The minimum atomic E-state index is -0.400. The molecule has 0 saturated heterocycles. The first kappa shape index (κ1) is 17.8. The number of likely N-dealkylation sites (N-methyl/N-ethyl adjacent to an activating group) is 1. The number of hydroxylamine groups is 2. The Morgan fingerprint density at radius 1 is 1.22 bits per heavy atom. The van der Waals surface area contributed by atoms with Gasteiger partial charge in [0.25, 0.3) is 5.91 Å². The van der Waals surface area contributed by atoms with E-state index in [0.29, 0.717) is 11.4 Å². The van der Waals surface area contributed by atoms with Gasteiger partial charge in [-0.15, -0.1) is 0 Å². The Morgan fingerprint density at radius 3 is 2.48 bits per heavy atom. The largest absolute Gasteiger partial charge is 0.275 e. The first-order valence-electron chi connectivity index (χ1n) is 7.13. The van der Waals surface area contributed by atoms with Crippen LogP contribution >= 0.6 is 23.5 Å². The molecule has 2 rings (SSSR count). The molecule has 0 aromatic heterocycles. The van der Waals surface area contributed by atoms with Gasteiger partial charge in [-0.1, -0.05) is 41.9 Å². The van der Waals surface area contributed by atoms with Gasteiger partial charge in [0.2, 0.25) is 0 Å². The van der Waals surface area contributed by atoms with Crippen molar-refractivity contribution < 1.29 is 9.63 Å². The fourth-order valence-corrected chi connectivity index (χ4v) is 2.84. The summed E-state index contributed by atoms with van der Waals surface area (Å²) in [5.41, 5.74) is 1.08. The quantitative estimate of drug-likeness (QED) is 0.612. The van der Waals surface area contributed by atoms with Crippen LogP contribution in [0.15, 0.2) is 59.5 Å². The lowest BCUT2D eigenvalue weighted by atomic mass is 10.1. The minimum Gasteiger partial charge on any atom is -0.275 e. The monoisotopic (exact) mass is 350 g/mol. The molecule has 1 unspecified atom stereocenters. The second-order valence-corrected chi connectivity index (χ2v) is 6.28. The molecule has 122 valence electrons. The number of nitrogens with one attached hydrogen (secondary N) is 1. The Morgan fingerprint density at radius 2 is 1.87 bits per heavy atom. The van der Waals surface area contributed by atoms with Crippen LogP contribution in [-0.2, 0) is 16.1 Å². The third-order valence-electron chi connectivity index (χ3n) is 3.30. The third-order valence-corrected chi connectivity index (χ3v) is 4.46. The molecule has 0 bridgehead atoms. The van der Waals surface area contributed by atoms with Crippen molar-refractivity contribution in [3.05, 3.63) is 65.2 Å². The zero-order valence-corrected chi connectivity index (χ0v) is 14.6. The molecule has 0 saturated carbocycles. The van der Waals surface area contributed by atoms with E-state index in [0.717, 1.165) is 10.5 Å². The van der Waals surface area contributed by atoms with E-state index in [2.05, 4.69) is 4.72 Å². The molecule has 0 heterocycles. The van der Waals surface area contributed by atoms with Crippen LogP contribution in [0, 0.1) is 0 Å². The number of halogens is 1. The molecule has 23 heavy (non-hydrogen) atoms. The Labute approximate surface area is 145 Å². The zero-order valence-electron chi connectivity index (χ0n) is 13.0. The Balaban J connectivity index is 2.06. The van der Waals surface area contributed by atoms with Gasteiger partial charge in [0.15, 0.2) is 0 Å². The van der Waals surface area contributed by atoms with Crippen LogP contribution in [0.4, 0.5) is 0 Å². The molecule has 0 aliphatic heterocycles. The molecule has 6 heteroatoms. The number of hydrogen-bond donors (Lipinski definition) is 1. The minimum absolute atomic E-state index is 0.127. The summed E-state index contributed by atoms with van der Waals surface area (Å²) in [6.45, 7) is 0. The van der Waals surface area contributed by atoms with E-state index < -0.39 is 6.04 Å². The molecule has 0 aliphatic rings. The van der Waals surface area contributed by atoms with Gasteiger partial charge in [-0.3, -0.25) is 9.63 Å². The average molecular weight is 351 g/mol. The lowest BCUT2D eigenvalue weighted by molar-refractivity contribution is -0.170. The summed E-state index contributed by atoms with van der Waals surface area (Å²) in [6.07, 6.45) is 0.577. The number of benzene rings is 2. The van der Waals surface area contributed by atoms with Gasteiger partial charge in [0.05, 0.1) is 7.11 Å². The predicted molar refractivity (Wildman–Crippen MR) is 94.2 cm³/mol. The van der Waals surface area contributed by atoms with Crippen LogP contribution in [-0.4, -0.2) is 31.2 Å². The topological polar surface area (TPSA) is 41.6 Å². The molecule has 4 nitrogen and oxygen atoms in total. The second kappa shape index (κ2) is 8.93. The highest BCUT2D eigenvalue weighted by Crippen LogP contribution is 2.19. The SMILES string of the molecule is CON(C)C(=O)C(Cc1ccccc1)NSc1ccc(Cl)cc1. The van der Waals surface area contributed by atoms with Crippen LogP contribution in [0.5, 0.6) is 0 Å². The smallest absolute Gasteiger partial charge is 0.264 e. The first-order valence-corrected chi connectivity index (χ1v) is 8.33. The number of nitrogens with zero attached hydrogens (tertiary/aromatic N) is 1. The van der Waals surface area contributed by atoms with Gasteiger partial charge in [-0.05, 0) is 48.2 Å². The molecule has 2 aromatic carbocycles. The van der Waals surface area contributed by atoms with E-state index >= 15 is 0 Å². The van der Waals surface area contributed by atoms with Crippen molar-refractivity contribution in [1.29, 1.82) is 0 Å². The number of carbonyl (C=O) groups is 1. The lowest BCUT2D eigenvalue weighted by Gasteiger charge is -2.22. The Bertz CT molecular complexity index is 622. The first-order chi connectivity index (χ1) is 11.1. The van der Waals surface area contributed by atoms with E-state index in [4.69, 9.17) is 16.4 Å². The second-order valence-electron chi connectivity index (χ2n) is 4.93. The van der Waals surface area contributed by atoms with E-state index in [9.17, 15) is 4.79 Å². The Kier molecular flexibility index (Phi) is 6.92. The maximum absolute atomic E-state index is 12.5. The summed E-state index contributed by atoms with van der Waals surface area (Å²) < 4.78 is 3.22. The standard InChI is InChI=1S/C17H19ClN2O2S/c1-20(22-2)17(21)16(12-13-6-4-3-5-7-13)19-23-15-10-8-14(18)9-11-15/h3-11,16,19H,12H2,1-2H3. The molecule has 0 spiro atoms. The molecule has 1 atom stereocenters. The summed E-state index contributed by atoms with van der Waals surface area (Å²) in [5.74, 6) is -0.127. The molecular formula is C17H19ClN2O2S.